The van der Waals surface area contributed by atoms with Crippen molar-refractivity contribution in [3.05, 3.63) is 29.5 Å². The predicted octanol–water partition coefficient (Wildman–Crippen LogP) is 2.90. The Bertz CT molecular complexity index is 544. The first-order chi connectivity index (χ1) is 8.29. The van der Waals surface area contributed by atoms with Gasteiger partial charge in [-0.15, -0.1) is 0 Å². The number of fused-ring (bicyclic) bond motifs is 3. The molecular formula is C14H18N2O. The number of ether oxygens (including phenoxy) is 1. The van der Waals surface area contributed by atoms with Crippen molar-refractivity contribution >= 4 is 10.9 Å². The molecule has 0 amide bonds. The zero-order valence-electron chi connectivity index (χ0n) is 10.1. The summed E-state index contributed by atoms with van der Waals surface area (Å²) in [6.45, 7) is 2.71. The van der Waals surface area contributed by atoms with Crippen LogP contribution in [0.1, 0.15) is 37.1 Å². The van der Waals surface area contributed by atoms with Crippen molar-refractivity contribution in [1.29, 1.82) is 0 Å². The number of nitrogens with two attached hydrogens (primary N) is 1. The molecule has 1 aromatic heterocycles. The van der Waals surface area contributed by atoms with Gasteiger partial charge in [-0.2, -0.15) is 0 Å². The highest BCUT2D eigenvalue weighted by molar-refractivity contribution is 5.86. The molecule has 1 heterocycles. The molecule has 0 spiro atoms. The van der Waals surface area contributed by atoms with E-state index in [1.165, 1.54) is 28.6 Å². The molecule has 0 saturated carbocycles. The number of hydrogen-bond donors (Lipinski definition) is 2. The van der Waals surface area contributed by atoms with Gasteiger partial charge >= 0.3 is 0 Å². The molecule has 3 nitrogen and oxygen atoms in total. The van der Waals surface area contributed by atoms with Gasteiger partial charge in [0.25, 0.3) is 0 Å². The van der Waals surface area contributed by atoms with Crippen molar-refractivity contribution in [3.8, 4) is 5.75 Å². The smallest absolute Gasteiger partial charge is 0.120 e. The van der Waals surface area contributed by atoms with Crippen LogP contribution in [-0.2, 0) is 6.42 Å². The monoisotopic (exact) mass is 230 g/mol. The number of aromatic amines is 1. The highest BCUT2D eigenvalue weighted by Crippen LogP contribution is 2.34. The van der Waals surface area contributed by atoms with Crippen LogP contribution >= 0.6 is 0 Å². The van der Waals surface area contributed by atoms with Gasteiger partial charge in [-0.05, 0) is 49.9 Å². The molecule has 0 aliphatic heterocycles. The first-order valence-electron chi connectivity index (χ1n) is 6.32. The molecule has 3 heteroatoms. The molecule has 0 saturated heterocycles. The van der Waals surface area contributed by atoms with Gasteiger partial charge in [0.05, 0.1) is 6.61 Å². The summed E-state index contributed by atoms with van der Waals surface area (Å²) in [6.07, 6.45) is 3.39. The number of aryl methyl sites for hydroxylation is 1. The normalized spacial score (nSPS) is 19.3. The van der Waals surface area contributed by atoms with Gasteiger partial charge in [-0.3, -0.25) is 0 Å². The molecule has 1 aromatic carbocycles. The number of H-pyrrole nitrogens is 1. The molecule has 1 atom stereocenters. The maximum atomic E-state index is 6.14. The highest BCUT2D eigenvalue weighted by Gasteiger charge is 2.21. The van der Waals surface area contributed by atoms with Crippen molar-refractivity contribution in [1.82, 2.24) is 4.98 Å². The summed E-state index contributed by atoms with van der Waals surface area (Å²) in [5, 5.41) is 1.28. The Balaban J connectivity index is 2.15. The minimum atomic E-state index is 0.168. The zero-order chi connectivity index (χ0) is 11.8. The van der Waals surface area contributed by atoms with Crippen LogP contribution < -0.4 is 10.5 Å². The third-order valence-corrected chi connectivity index (χ3v) is 3.53. The Morgan fingerprint density at radius 2 is 2.35 bits per heavy atom. The molecule has 3 N–H and O–H groups in total. The summed E-state index contributed by atoms with van der Waals surface area (Å²) >= 11 is 0. The minimum Gasteiger partial charge on any atom is -0.494 e. The van der Waals surface area contributed by atoms with Gasteiger partial charge in [0, 0.05) is 22.6 Å². The maximum absolute atomic E-state index is 6.14. The van der Waals surface area contributed by atoms with Gasteiger partial charge < -0.3 is 15.5 Å². The van der Waals surface area contributed by atoms with E-state index in [-0.39, 0.29) is 6.04 Å². The van der Waals surface area contributed by atoms with E-state index in [9.17, 15) is 0 Å². The van der Waals surface area contributed by atoms with Crippen LogP contribution in [0.3, 0.4) is 0 Å². The van der Waals surface area contributed by atoms with E-state index in [0.717, 1.165) is 18.6 Å². The lowest BCUT2D eigenvalue weighted by Crippen LogP contribution is -2.16. The lowest BCUT2D eigenvalue weighted by Gasteiger charge is -2.18. The predicted molar refractivity (Wildman–Crippen MR) is 69.3 cm³/mol. The van der Waals surface area contributed by atoms with E-state index in [0.29, 0.717) is 6.61 Å². The number of aromatic nitrogens is 1. The molecule has 90 valence electrons. The molecule has 0 radical (unpaired) electrons. The van der Waals surface area contributed by atoms with Crippen molar-refractivity contribution in [2.75, 3.05) is 6.61 Å². The van der Waals surface area contributed by atoms with E-state index in [2.05, 4.69) is 17.1 Å². The summed E-state index contributed by atoms with van der Waals surface area (Å²) < 4.78 is 5.56. The van der Waals surface area contributed by atoms with Crippen molar-refractivity contribution < 1.29 is 4.74 Å². The molecule has 3 rings (SSSR count). The molecule has 1 aliphatic rings. The average Bonchev–Trinajstić information content (AvgIpc) is 2.70. The number of benzene rings is 1. The Hall–Kier alpha value is -1.48. The fourth-order valence-corrected chi connectivity index (χ4v) is 2.73. The van der Waals surface area contributed by atoms with Gasteiger partial charge in [0.1, 0.15) is 5.75 Å². The fraction of sp³-hybridized carbons (Fsp3) is 0.429. The summed E-state index contributed by atoms with van der Waals surface area (Å²) in [6, 6.07) is 6.40. The van der Waals surface area contributed by atoms with Crippen LogP contribution in [0.4, 0.5) is 0 Å². The maximum Gasteiger partial charge on any atom is 0.120 e. The SMILES string of the molecule is CCOc1ccc2[nH]c3c(c2c1)CCCC3N. The minimum absolute atomic E-state index is 0.168. The quantitative estimate of drug-likeness (QED) is 0.833. The van der Waals surface area contributed by atoms with E-state index in [4.69, 9.17) is 10.5 Å². The number of hydrogen-bond acceptors (Lipinski definition) is 2. The van der Waals surface area contributed by atoms with Crippen molar-refractivity contribution in [2.45, 2.75) is 32.2 Å². The average molecular weight is 230 g/mol. The van der Waals surface area contributed by atoms with E-state index in [1.807, 2.05) is 13.0 Å². The summed E-state index contributed by atoms with van der Waals surface area (Å²) in [4.78, 5) is 3.45. The molecule has 1 unspecified atom stereocenters. The van der Waals surface area contributed by atoms with Gasteiger partial charge in [0.15, 0.2) is 0 Å². The van der Waals surface area contributed by atoms with Crippen LogP contribution in [0.15, 0.2) is 18.2 Å². The second-order valence-electron chi connectivity index (χ2n) is 4.66. The zero-order valence-corrected chi connectivity index (χ0v) is 10.1. The third-order valence-electron chi connectivity index (χ3n) is 3.53. The second kappa shape index (κ2) is 4.08. The standard InChI is InChI=1S/C14H18N2O/c1-2-17-9-6-7-13-11(8-9)10-4-3-5-12(15)14(10)16-13/h6-8,12,16H,2-5,15H2,1H3. The Labute approximate surface area is 101 Å². The van der Waals surface area contributed by atoms with Gasteiger partial charge in [0.2, 0.25) is 0 Å². The second-order valence-corrected chi connectivity index (χ2v) is 4.66. The molecular weight excluding hydrogens is 212 g/mol. The van der Waals surface area contributed by atoms with E-state index in [1.54, 1.807) is 0 Å². The fourth-order valence-electron chi connectivity index (χ4n) is 2.73. The number of rotatable bonds is 2. The molecule has 0 fully saturated rings. The third kappa shape index (κ3) is 1.71. The lowest BCUT2D eigenvalue weighted by atomic mass is 9.92. The molecule has 0 bridgehead atoms. The Kier molecular flexibility index (Phi) is 2.56. The first kappa shape index (κ1) is 10.7. The van der Waals surface area contributed by atoms with E-state index < -0.39 is 0 Å². The largest absolute Gasteiger partial charge is 0.494 e. The van der Waals surface area contributed by atoms with Crippen molar-refractivity contribution in [3.63, 3.8) is 0 Å². The van der Waals surface area contributed by atoms with Crippen LogP contribution in [-0.4, -0.2) is 11.6 Å². The van der Waals surface area contributed by atoms with Crippen LogP contribution in [0.2, 0.25) is 0 Å². The topological polar surface area (TPSA) is 51.0 Å². The molecule has 1 aliphatic carbocycles. The van der Waals surface area contributed by atoms with Crippen LogP contribution in [0, 0.1) is 0 Å². The van der Waals surface area contributed by atoms with Crippen LogP contribution in [0.25, 0.3) is 10.9 Å². The summed E-state index contributed by atoms with van der Waals surface area (Å²) in [5.74, 6) is 0.945. The van der Waals surface area contributed by atoms with Gasteiger partial charge in [-0.25, -0.2) is 0 Å². The Morgan fingerprint density at radius 3 is 3.18 bits per heavy atom. The Morgan fingerprint density at radius 1 is 1.47 bits per heavy atom. The van der Waals surface area contributed by atoms with Crippen molar-refractivity contribution in [2.24, 2.45) is 5.73 Å². The highest BCUT2D eigenvalue weighted by atomic mass is 16.5. The first-order valence-corrected chi connectivity index (χ1v) is 6.32. The molecule has 2 aromatic rings. The van der Waals surface area contributed by atoms with Gasteiger partial charge in [-0.1, -0.05) is 0 Å². The summed E-state index contributed by atoms with van der Waals surface area (Å²) in [5.41, 5.74) is 9.93. The van der Waals surface area contributed by atoms with Crippen LogP contribution in [0.5, 0.6) is 5.75 Å². The van der Waals surface area contributed by atoms with E-state index >= 15 is 0 Å². The molecule has 17 heavy (non-hydrogen) atoms. The lowest BCUT2D eigenvalue weighted by molar-refractivity contribution is 0.340. The summed E-state index contributed by atoms with van der Waals surface area (Å²) in [7, 11) is 0. The number of nitrogens with one attached hydrogen (secondary N) is 1.